The Hall–Kier alpha value is -3.15. The Labute approximate surface area is 167 Å². The van der Waals surface area contributed by atoms with Gasteiger partial charge in [-0.1, -0.05) is 59.2 Å². The zero-order valence-corrected chi connectivity index (χ0v) is 15.7. The first kappa shape index (κ1) is 18.2. The van der Waals surface area contributed by atoms with Crippen molar-refractivity contribution >= 4 is 40.3 Å². The van der Waals surface area contributed by atoms with Crippen LogP contribution in [0.4, 0.5) is 11.5 Å². The summed E-state index contributed by atoms with van der Waals surface area (Å²) in [6, 6.07) is 21.5. The molecular formula is C22H18ClN3O2. The Kier molecular flexibility index (Phi) is 5.37. The van der Waals surface area contributed by atoms with Gasteiger partial charge in [-0.15, -0.1) is 0 Å². The molecule has 0 aliphatic carbocycles. The van der Waals surface area contributed by atoms with Crippen LogP contribution in [0.1, 0.15) is 5.56 Å². The number of halogens is 1. The molecule has 3 aromatic carbocycles. The molecule has 0 aliphatic rings. The minimum absolute atomic E-state index is 0.0229. The van der Waals surface area contributed by atoms with Crippen LogP contribution in [0, 0.1) is 0 Å². The average molecular weight is 392 g/mol. The van der Waals surface area contributed by atoms with Crippen LogP contribution in [0.3, 0.4) is 0 Å². The van der Waals surface area contributed by atoms with Gasteiger partial charge in [-0.25, -0.2) is 0 Å². The third-order valence-corrected chi connectivity index (χ3v) is 4.71. The largest absolute Gasteiger partial charge is 0.394 e. The summed E-state index contributed by atoms with van der Waals surface area (Å²) < 4.78 is 5.42. The predicted octanol–water partition coefficient (Wildman–Crippen LogP) is 5.30. The van der Waals surface area contributed by atoms with Crippen molar-refractivity contribution in [3.8, 4) is 11.1 Å². The van der Waals surface area contributed by atoms with E-state index >= 15 is 0 Å². The van der Waals surface area contributed by atoms with Gasteiger partial charge in [-0.3, -0.25) is 4.99 Å². The number of fused-ring (bicyclic) bond motifs is 1. The molecule has 0 aliphatic heterocycles. The first-order chi connectivity index (χ1) is 13.8. The van der Waals surface area contributed by atoms with Crippen LogP contribution in [-0.2, 0) is 0 Å². The normalized spacial score (nSPS) is 11.4. The summed E-state index contributed by atoms with van der Waals surface area (Å²) in [4.78, 5) is 4.16. The molecule has 1 aromatic heterocycles. The first-order valence-corrected chi connectivity index (χ1v) is 9.25. The quantitative estimate of drug-likeness (QED) is 0.437. The first-order valence-electron chi connectivity index (χ1n) is 8.87. The van der Waals surface area contributed by atoms with E-state index in [0.717, 1.165) is 27.8 Å². The Bertz CT molecular complexity index is 1120. The second-order valence-electron chi connectivity index (χ2n) is 6.20. The average Bonchev–Trinajstić information content (AvgIpc) is 3.12. The number of nitrogens with zero attached hydrogens (tertiary/aromatic N) is 2. The SMILES string of the molecule is OCCN=Cc1ccc2onc(Nc3cccc(-c4ccccc4)c3Cl)c2c1. The van der Waals surface area contributed by atoms with E-state index in [1.54, 1.807) is 6.21 Å². The van der Waals surface area contributed by atoms with Gasteiger partial charge >= 0.3 is 0 Å². The van der Waals surface area contributed by atoms with Crippen molar-refractivity contribution in [2.45, 2.75) is 0 Å². The van der Waals surface area contributed by atoms with E-state index in [-0.39, 0.29) is 6.61 Å². The molecule has 0 fully saturated rings. The predicted molar refractivity (Wildman–Crippen MR) is 114 cm³/mol. The summed E-state index contributed by atoms with van der Waals surface area (Å²) in [5.41, 5.74) is 4.30. The molecule has 4 aromatic rings. The van der Waals surface area contributed by atoms with Crippen LogP contribution in [0.15, 0.2) is 76.2 Å². The molecule has 6 heteroatoms. The lowest BCUT2D eigenvalue weighted by Crippen LogP contribution is -1.94. The minimum Gasteiger partial charge on any atom is -0.394 e. The smallest absolute Gasteiger partial charge is 0.181 e. The fourth-order valence-electron chi connectivity index (χ4n) is 2.95. The summed E-state index contributed by atoms with van der Waals surface area (Å²) in [6.07, 6.45) is 1.72. The van der Waals surface area contributed by atoms with Crippen LogP contribution >= 0.6 is 11.6 Å². The molecular weight excluding hydrogens is 374 g/mol. The molecule has 4 rings (SSSR count). The van der Waals surface area contributed by atoms with E-state index in [9.17, 15) is 0 Å². The van der Waals surface area contributed by atoms with Gasteiger partial charge in [-0.05, 0) is 35.4 Å². The Morgan fingerprint density at radius 1 is 1.07 bits per heavy atom. The van der Waals surface area contributed by atoms with Gasteiger partial charge in [0.2, 0.25) is 0 Å². The minimum atomic E-state index is 0.0229. The van der Waals surface area contributed by atoms with Crippen molar-refractivity contribution < 1.29 is 9.63 Å². The maximum atomic E-state index is 8.86. The highest BCUT2D eigenvalue weighted by atomic mass is 35.5. The lowest BCUT2D eigenvalue weighted by atomic mass is 10.0. The molecule has 0 saturated heterocycles. The standard InChI is InChI=1S/C22H18ClN3O2/c23-21-17(16-5-2-1-3-6-16)7-4-8-19(21)25-22-18-13-15(14-24-11-12-27)9-10-20(18)28-26-22/h1-10,13-14,27H,11-12H2,(H,25,26). The van der Waals surface area contributed by atoms with Crippen molar-refractivity contribution in [3.63, 3.8) is 0 Å². The molecule has 5 nitrogen and oxygen atoms in total. The highest BCUT2D eigenvalue weighted by Crippen LogP contribution is 2.36. The Morgan fingerprint density at radius 2 is 1.93 bits per heavy atom. The zero-order valence-electron chi connectivity index (χ0n) is 15.0. The molecule has 0 amide bonds. The van der Waals surface area contributed by atoms with Crippen molar-refractivity contribution in [2.24, 2.45) is 4.99 Å². The number of aliphatic hydroxyl groups excluding tert-OH is 1. The molecule has 28 heavy (non-hydrogen) atoms. The van der Waals surface area contributed by atoms with Gasteiger partial charge in [-0.2, -0.15) is 0 Å². The number of hydrogen-bond acceptors (Lipinski definition) is 5. The molecule has 140 valence electrons. The lowest BCUT2D eigenvalue weighted by Gasteiger charge is -2.10. The zero-order chi connectivity index (χ0) is 19.3. The molecule has 0 atom stereocenters. The van der Waals surface area contributed by atoms with Crippen LogP contribution in [0.5, 0.6) is 0 Å². The number of aliphatic hydroxyl groups is 1. The van der Waals surface area contributed by atoms with Crippen LogP contribution in [0.25, 0.3) is 22.1 Å². The van der Waals surface area contributed by atoms with Gasteiger partial charge in [0.15, 0.2) is 11.4 Å². The fourth-order valence-corrected chi connectivity index (χ4v) is 3.23. The number of aliphatic imine (C=N–C) groups is 1. The van der Waals surface area contributed by atoms with Crippen molar-refractivity contribution in [3.05, 3.63) is 77.3 Å². The van der Waals surface area contributed by atoms with Crippen molar-refractivity contribution in [1.82, 2.24) is 5.16 Å². The van der Waals surface area contributed by atoms with E-state index in [1.807, 2.05) is 66.7 Å². The van der Waals surface area contributed by atoms with E-state index < -0.39 is 0 Å². The topological polar surface area (TPSA) is 70.7 Å². The van der Waals surface area contributed by atoms with Crippen LogP contribution < -0.4 is 5.32 Å². The van der Waals surface area contributed by atoms with E-state index in [4.69, 9.17) is 21.2 Å². The molecule has 0 saturated carbocycles. The van der Waals surface area contributed by atoms with Gasteiger partial charge in [0.1, 0.15) is 0 Å². The fraction of sp³-hybridized carbons (Fsp3) is 0.0909. The van der Waals surface area contributed by atoms with E-state index in [1.165, 1.54) is 0 Å². The summed E-state index contributed by atoms with van der Waals surface area (Å²) in [5.74, 6) is 0.583. The molecule has 0 spiro atoms. The van der Waals surface area contributed by atoms with Gasteiger partial charge < -0.3 is 14.9 Å². The van der Waals surface area contributed by atoms with Crippen LogP contribution in [-0.4, -0.2) is 29.6 Å². The Balaban J connectivity index is 1.68. The third kappa shape index (κ3) is 3.76. The third-order valence-electron chi connectivity index (χ3n) is 4.30. The van der Waals surface area contributed by atoms with Gasteiger partial charge in [0.05, 0.1) is 29.2 Å². The van der Waals surface area contributed by atoms with Crippen molar-refractivity contribution in [2.75, 3.05) is 18.5 Å². The summed E-state index contributed by atoms with van der Waals surface area (Å²) >= 11 is 6.66. The monoisotopic (exact) mass is 391 g/mol. The molecule has 2 N–H and O–H groups in total. The number of aromatic nitrogens is 1. The maximum Gasteiger partial charge on any atom is 0.181 e. The summed E-state index contributed by atoms with van der Waals surface area (Å²) in [6.45, 7) is 0.393. The number of rotatable bonds is 6. The molecule has 0 bridgehead atoms. The number of nitrogens with one attached hydrogen (secondary N) is 1. The van der Waals surface area contributed by atoms with E-state index in [2.05, 4.69) is 15.5 Å². The van der Waals surface area contributed by atoms with E-state index in [0.29, 0.717) is 23.0 Å². The van der Waals surface area contributed by atoms with Crippen molar-refractivity contribution in [1.29, 1.82) is 0 Å². The highest BCUT2D eigenvalue weighted by molar-refractivity contribution is 6.36. The number of hydrogen-bond donors (Lipinski definition) is 2. The molecule has 0 unspecified atom stereocenters. The number of anilines is 2. The molecule has 1 heterocycles. The summed E-state index contributed by atoms with van der Waals surface area (Å²) in [5, 5.41) is 17.7. The second-order valence-corrected chi connectivity index (χ2v) is 6.58. The highest BCUT2D eigenvalue weighted by Gasteiger charge is 2.13. The number of benzene rings is 3. The lowest BCUT2D eigenvalue weighted by molar-refractivity contribution is 0.307. The van der Waals surface area contributed by atoms with Gasteiger partial charge in [0, 0.05) is 11.8 Å². The summed E-state index contributed by atoms with van der Waals surface area (Å²) in [7, 11) is 0. The molecule has 0 radical (unpaired) electrons. The van der Waals surface area contributed by atoms with Gasteiger partial charge in [0.25, 0.3) is 0 Å². The van der Waals surface area contributed by atoms with Crippen LogP contribution in [0.2, 0.25) is 5.02 Å². The second kappa shape index (κ2) is 8.25. The Morgan fingerprint density at radius 3 is 2.75 bits per heavy atom. The maximum absolute atomic E-state index is 8.86.